The van der Waals surface area contributed by atoms with Crippen LogP contribution in [0.5, 0.6) is 5.75 Å². The number of esters is 1. The van der Waals surface area contributed by atoms with E-state index < -0.39 is 64.4 Å². The van der Waals surface area contributed by atoms with Crippen LogP contribution in [0.1, 0.15) is 46.0 Å². The molecular weight excluding hydrogens is 769 g/mol. The molecule has 2 N–H and O–H groups in total. The summed E-state index contributed by atoms with van der Waals surface area (Å²) in [5.41, 5.74) is 0.668. The van der Waals surface area contributed by atoms with Gasteiger partial charge in [-0.2, -0.15) is 0 Å². The Hall–Kier alpha value is -7.16. The minimum atomic E-state index is -1.98. The number of nitro groups is 1. The van der Waals surface area contributed by atoms with Gasteiger partial charge in [-0.3, -0.25) is 29.4 Å². The van der Waals surface area contributed by atoms with E-state index in [1.165, 1.54) is 30.3 Å². The molecule has 0 saturated carbocycles. The predicted molar refractivity (Wildman–Crippen MR) is 217 cm³/mol. The Morgan fingerprint density at radius 1 is 0.867 bits per heavy atom. The molecule has 3 aliphatic heterocycles. The molecule has 0 aliphatic carbocycles. The summed E-state index contributed by atoms with van der Waals surface area (Å²) in [7, 11) is 0. The first kappa shape index (κ1) is 39.7. The molecule has 5 aromatic rings. The number of ether oxygens (including phenoxy) is 3. The van der Waals surface area contributed by atoms with Gasteiger partial charge in [0.25, 0.3) is 5.69 Å². The molecule has 6 atom stereocenters. The molecule has 14 nitrogen and oxygen atoms in total. The number of benzene rings is 5. The summed E-state index contributed by atoms with van der Waals surface area (Å²) in [6, 6.07) is 34.3. The van der Waals surface area contributed by atoms with Crippen molar-refractivity contribution in [3.8, 4) is 5.75 Å². The minimum absolute atomic E-state index is 0.00785. The van der Waals surface area contributed by atoms with Crippen LogP contribution in [0.2, 0.25) is 0 Å². The number of nitro benzene ring substituents is 1. The maximum atomic E-state index is 15.9. The number of anilines is 1. The van der Waals surface area contributed by atoms with Crippen LogP contribution in [0, 0.1) is 16.0 Å². The number of fused-ring (bicyclic) bond motifs is 3. The standard InChI is InChI=1S/C46H40N4O10/c1-2-24-47-42(52)37-39-43(53)60-40(31-14-7-4-8-15-31)38(30-12-5-3-6-13-30)49(39)41(32-16-11-17-34(27-32)58-26-25-51)46(37)35-18-9-10-19-36(35)48(44(46)54)45(55)59-28-29-20-22-33(23-21-29)50(56)57/h2-23,27,37-41,51H,1,24-26,28H2,(H,47,52)/t37-,38-,39-,40+,41+,46-/m1/s1. The minimum Gasteiger partial charge on any atom is -0.491 e. The van der Waals surface area contributed by atoms with E-state index in [0.29, 0.717) is 28.0 Å². The van der Waals surface area contributed by atoms with Gasteiger partial charge >= 0.3 is 12.1 Å². The van der Waals surface area contributed by atoms with E-state index >= 15 is 4.79 Å². The number of aliphatic hydroxyl groups is 1. The van der Waals surface area contributed by atoms with Crippen molar-refractivity contribution in [1.82, 2.24) is 10.2 Å². The number of cyclic esters (lactones) is 1. The molecule has 0 unspecified atom stereocenters. The molecule has 3 amide bonds. The molecule has 2 saturated heterocycles. The van der Waals surface area contributed by atoms with Crippen LogP contribution in [-0.2, 0) is 35.9 Å². The van der Waals surface area contributed by atoms with E-state index in [4.69, 9.17) is 14.2 Å². The number of carbonyl (C=O) groups is 4. The summed E-state index contributed by atoms with van der Waals surface area (Å²) in [5, 5.41) is 23.8. The SMILES string of the molecule is C=CCNC(=O)[C@H]1[C@@H]2C(=O)O[C@@H](c3ccccc3)[C@@H](c3ccccc3)N2[C@@H](c2cccc(OCCO)c2)[C@]12C(=O)N(C(=O)OCc1ccc([N+](=O)[O-])cc1)c1ccccc12. The van der Waals surface area contributed by atoms with Gasteiger partial charge in [-0.15, -0.1) is 6.58 Å². The predicted octanol–water partition coefficient (Wildman–Crippen LogP) is 6.27. The van der Waals surface area contributed by atoms with Gasteiger partial charge in [0.2, 0.25) is 11.8 Å². The van der Waals surface area contributed by atoms with Gasteiger partial charge in [-0.1, -0.05) is 97.1 Å². The third kappa shape index (κ3) is 6.74. The van der Waals surface area contributed by atoms with Gasteiger partial charge in [-0.05, 0) is 58.1 Å². The fourth-order valence-electron chi connectivity index (χ4n) is 8.99. The molecule has 8 rings (SSSR count). The third-order valence-corrected chi connectivity index (χ3v) is 11.3. The third-order valence-electron chi connectivity index (χ3n) is 11.3. The second-order valence-electron chi connectivity index (χ2n) is 14.6. The average molecular weight is 809 g/mol. The lowest BCUT2D eigenvalue weighted by Crippen LogP contribution is -2.55. The molecule has 0 radical (unpaired) electrons. The van der Waals surface area contributed by atoms with Gasteiger partial charge < -0.3 is 24.6 Å². The molecule has 3 heterocycles. The Morgan fingerprint density at radius 3 is 2.22 bits per heavy atom. The van der Waals surface area contributed by atoms with Gasteiger partial charge in [0.1, 0.15) is 36.5 Å². The lowest BCUT2D eigenvalue weighted by atomic mass is 9.65. The highest BCUT2D eigenvalue weighted by atomic mass is 16.6. The number of imide groups is 1. The molecule has 2 fully saturated rings. The Kier molecular flexibility index (Phi) is 11.0. The molecular formula is C46H40N4O10. The fourth-order valence-corrected chi connectivity index (χ4v) is 8.99. The molecule has 3 aliphatic rings. The normalized spacial score (nSPS) is 23.0. The zero-order valence-corrected chi connectivity index (χ0v) is 32.2. The highest BCUT2D eigenvalue weighted by molar-refractivity contribution is 6.23. The van der Waals surface area contributed by atoms with Crippen LogP contribution in [0.25, 0.3) is 0 Å². The number of amides is 3. The number of hydrogen-bond donors (Lipinski definition) is 2. The van der Waals surface area contributed by atoms with Crippen molar-refractivity contribution in [3.63, 3.8) is 0 Å². The number of rotatable bonds is 12. The van der Waals surface area contributed by atoms with Crippen molar-refractivity contribution in [3.05, 3.63) is 184 Å². The number of non-ortho nitro benzene ring substituents is 1. The number of morpholine rings is 1. The first-order valence-corrected chi connectivity index (χ1v) is 19.3. The second-order valence-corrected chi connectivity index (χ2v) is 14.6. The second kappa shape index (κ2) is 16.6. The van der Waals surface area contributed by atoms with Crippen LogP contribution in [-0.4, -0.2) is 64.6 Å². The van der Waals surface area contributed by atoms with Gasteiger partial charge in [-0.25, -0.2) is 9.69 Å². The van der Waals surface area contributed by atoms with E-state index in [9.17, 15) is 29.6 Å². The Morgan fingerprint density at radius 2 is 1.53 bits per heavy atom. The van der Waals surface area contributed by atoms with Crippen LogP contribution in [0.3, 0.4) is 0 Å². The average Bonchev–Trinajstić information content (AvgIpc) is 3.74. The number of carbonyl (C=O) groups excluding carboxylic acids is 4. The molecule has 60 heavy (non-hydrogen) atoms. The highest BCUT2D eigenvalue weighted by Crippen LogP contribution is 2.66. The molecule has 14 heteroatoms. The highest BCUT2D eigenvalue weighted by Gasteiger charge is 2.75. The summed E-state index contributed by atoms with van der Waals surface area (Å²) in [4.78, 5) is 73.7. The Bertz CT molecular complexity index is 2450. The lowest BCUT2D eigenvalue weighted by molar-refractivity contribution is -0.384. The number of nitrogens with one attached hydrogen (secondary N) is 1. The van der Waals surface area contributed by atoms with Crippen molar-refractivity contribution >= 4 is 35.3 Å². The summed E-state index contributed by atoms with van der Waals surface area (Å²) in [5.74, 6) is -3.32. The first-order valence-electron chi connectivity index (χ1n) is 19.3. The van der Waals surface area contributed by atoms with Crippen LogP contribution < -0.4 is 15.0 Å². The summed E-state index contributed by atoms with van der Waals surface area (Å²) < 4.78 is 18.1. The molecule has 0 bridgehead atoms. The number of para-hydroxylation sites is 1. The van der Waals surface area contributed by atoms with Crippen molar-refractivity contribution in [2.45, 2.75) is 36.3 Å². The number of aliphatic hydroxyl groups excluding tert-OH is 1. The topological polar surface area (TPSA) is 178 Å². The molecule has 0 aromatic heterocycles. The summed E-state index contributed by atoms with van der Waals surface area (Å²) in [6.07, 6.45) is -0.475. The van der Waals surface area contributed by atoms with Crippen LogP contribution in [0.4, 0.5) is 16.2 Å². The summed E-state index contributed by atoms with van der Waals surface area (Å²) >= 11 is 0. The van der Waals surface area contributed by atoms with Crippen LogP contribution >= 0.6 is 0 Å². The maximum absolute atomic E-state index is 15.9. The lowest BCUT2D eigenvalue weighted by Gasteiger charge is -2.46. The number of hydrogen-bond acceptors (Lipinski definition) is 11. The summed E-state index contributed by atoms with van der Waals surface area (Å²) in [6.45, 7) is 3.15. The van der Waals surface area contributed by atoms with E-state index in [-0.39, 0.29) is 37.7 Å². The zero-order valence-electron chi connectivity index (χ0n) is 32.2. The molecule has 1 spiro atoms. The van der Waals surface area contributed by atoms with Gasteiger partial charge in [0, 0.05) is 18.7 Å². The maximum Gasteiger partial charge on any atom is 0.421 e. The van der Waals surface area contributed by atoms with Crippen molar-refractivity contribution in [1.29, 1.82) is 0 Å². The zero-order chi connectivity index (χ0) is 42.0. The smallest absolute Gasteiger partial charge is 0.421 e. The van der Waals surface area contributed by atoms with Crippen molar-refractivity contribution < 1.29 is 43.4 Å². The van der Waals surface area contributed by atoms with Gasteiger partial charge in [0.15, 0.2) is 0 Å². The van der Waals surface area contributed by atoms with Crippen LogP contribution in [0.15, 0.2) is 146 Å². The number of nitrogens with zero attached hydrogens (tertiary/aromatic N) is 3. The first-order chi connectivity index (χ1) is 29.2. The fraction of sp³-hybridized carbons (Fsp3) is 0.217. The van der Waals surface area contributed by atoms with E-state index in [2.05, 4.69) is 11.9 Å². The quantitative estimate of drug-likeness (QED) is 0.0629. The monoisotopic (exact) mass is 808 g/mol. The largest absolute Gasteiger partial charge is 0.491 e. The van der Waals surface area contributed by atoms with E-state index in [1.807, 2.05) is 65.6 Å². The molecule has 5 aromatic carbocycles. The van der Waals surface area contributed by atoms with Crippen molar-refractivity contribution in [2.24, 2.45) is 5.92 Å². The Labute approximate surface area is 344 Å². The Balaban J connectivity index is 1.36. The van der Waals surface area contributed by atoms with Gasteiger partial charge in [0.05, 0.1) is 35.2 Å². The van der Waals surface area contributed by atoms with E-state index in [1.54, 1.807) is 48.5 Å². The van der Waals surface area contributed by atoms with E-state index in [0.717, 1.165) is 10.5 Å². The van der Waals surface area contributed by atoms with Crippen molar-refractivity contribution in [2.75, 3.05) is 24.7 Å². The molecule has 304 valence electrons.